The third-order valence-electron chi connectivity index (χ3n) is 2.27. The van der Waals surface area contributed by atoms with Gasteiger partial charge in [0, 0.05) is 0 Å². The molecule has 2 rings (SSSR count). The molecule has 4 nitrogen and oxygen atoms in total. The maximum absolute atomic E-state index is 10.8. The molecule has 1 aliphatic heterocycles. The summed E-state index contributed by atoms with van der Waals surface area (Å²) in [6.07, 6.45) is 0. The van der Waals surface area contributed by atoms with Gasteiger partial charge in [-0.25, -0.2) is 0 Å². The molecule has 74 valence electrons. The molecule has 0 fully saturated rings. The van der Waals surface area contributed by atoms with Gasteiger partial charge in [0.2, 0.25) is 0 Å². The van der Waals surface area contributed by atoms with Crippen molar-refractivity contribution in [1.29, 1.82) is 0 Å². The molecule has 0 atom stereocenters. The van der Waals surface area contributed by atoms with E-state index in [0.29, 0.717) is 0 Å². The van der Waals surface area contributed by atoms with Crippen LogP contribution in [0.5, 0.6) is 0 Å². The van der Waals surface area contributed by atoms with Gasteiger partial charge in [-0.1, -0.05) is 0 Å². The van der Waals surface area contributed by atoms with Crippen LogP contribution in [-0.4, -0.2) is 20.1 Å². The van der Waals surface area contributed by atoms with Crippen molar-refractivity contribution in [2.45, 2.75) is 19.4 Å². The van der Waals surface area contributed by atoms with Gasteiger partial charge in [-0.2, -0.15) is 0 Å². The van der Waals surface area contributed by atoms with Gasteiger partial charge in [0.25, 0.3) is 0 Å². The van der Waals surface area contributed by atoms with Crippen LogP contribution in [0.1, 0.15) is 19.4 Å². The van der Waals surface area contributed by atoms with Crippen LogP contribution in [0.25, 0.3) is 0 Å². The first kappa shape index (κ1) is 9.65. The van der Waals surface area contributed by atoms with Crippen LogP contribution >= 0.6 is 0 Å². The van der Waals surface area contributed by atoms with Crippen molar-refractivity contribution in [1.82, 2.24) is 4.33 Å². The minimum atomic E-state index is -0.302. The predicted octanol–water partition coefficient (Wildman–Crippen LogP) is 0.678. The monoisotopic (exact) mass is 258 g/mol. The van der Waals surface area contributed by atoms with Gasteiger partial charge in [0.1, 0.15) is 0 Å². The average Bonchev–Trinajstić information content (AvgIpc) is 2.42. The Hall–Kier alpha value is -0.901. The molecule has 5 heteroatoms. The van der Waals surface area contributed by atoms with Crippen LogP contribution < -0.4 is 8.79 Å². The summed E-state index contributed by atoms with van der Waals surface area (Å²) >= 11 is 0.0164. The Bertz CT molecular complexity index is 404. The number of nitro groups is 1. The van der Waals surface area contributed by atoms with Gasteiger partial charge in [-0.3, -0.25) is 0 Å². The number of benzene rings is 1. The summed E-state index contributed by atoms with van der Waals surface area (Å²) in [5.41, 5.74) is 1.19. The summed E-state index contributed by atoms with van der Waals surface area (Å²) in [7, 11) is 0. The number of nitrogens with zero attached hydrogens (tertiary/aromatic N) is 1. The summed E-state index contributed by atoms with van der Waals surface area (Å²) < 4.78 is 4.20. The van der Waals surface area contributed by atoms with Crippen molar-refractivity contribution >= 4 is 25.3 Å². The average molecular weight is 257 g/mol. The van der Waals surface area contributed by atoms with Gasteiger partial charge < -0.3 is 0 Å². The summed E-state index contributed by atoms with van der Waals surface area (Å²) in [6, 6.07) is 5.29. The summed E-state index contributed by atoms with van der Waals surface area (Å²) in [5, 5.41) is 10.8. The fourth-order valence-corrected chi connectivity index (χ4v) is 3.91. The minimum absolute atomic E-state index is 0.0164. The first-order chi connectivity index (χ1) is 6.52. The predicted molar refractivity (Wildman–Crippen MR) is 54.6 cm³/mol. The van der Waals surface area contributed by atoms with Crippen LogP contribution in [0, 0.1) is 10.1 Å². The van der Waals surface area contributed by atoms with Crippen molar-refractivity contribution in [2.75, 3.05) is 0 Å². The molecule has 0 unspecified atom stereocenters. The van der Waals surface area contributed by atoms with Gasteiger partial charge in [0.15, 0.2) is 0 Å². The van der Waals surface area contributed by atoms with Crippen LogP contribution in [0.15, 0.2) is 18.2 Å². The van der Waals surface area contributed by atoms with E-state index in [0.717, 1.165) is 10.0 Å². The molecule has 0 bridgehead atoms. The zero-order chi connectivity index (χ0) is 10.3. The molecule has 1 aromatic carbocycles. The zero-order valence-electron chi connectivity index (χ0n) is 7.90. The summed E-state index contributed by atoms with van der Waals surface area (Å²) in [6.45, 7) is 4.09. The Kier molecular flexibility index (Phi) is 2.10. The molecule has 1 heterocycles. The molecule has 0 saturated carbocycles. The van der Waals surface area contributed by atoms with Crippen LogP contribution in [0.4, 0.5) is 5.69 Å². The van der Waals surface area contributed by atoms with Gasteiger partial charge in [-0.05, 0) is 0 Å². The third kappa shape index (κ3) is 1.34. The SMILES string of the molecule is CC1(C)N[Se]c2c([N+](=O)[O-])cccc21. The first-order valence-corrected chi connectivity index (χ1v) is 5.95. The van der Waals surface area contributed by atoms with E-state index in [9.17, 15) is 10.1 Å². The molecule has 1 N–H and O–H groups in total. The Morgan fingerprint density at radius 3 is 2.86 bits per heavy atom. The number of rotatable bonds is 1. The van der Waals surface area contributed by atoms with E-state index in [1.54, 1.807) is 12.1 Å². The topological polar surface area (TPSA) is 55.2 Å². The van der Waals surface area contributed by atoms with E-state index in [1.165, 1.54) is 0 Å². The van der Waals surface area contributed by atoms with Crippen molar-refractivity contribution < 1.29 is 4.92 Å². The van der Waals surface area contributed by atoms with Crippen molar-refractivity contribution in [3.63, 3.8) is 0 Å². The molecule has 0 radical (unpaired) electrons. The molecule has 0 aromatic heterocycles. The number of nitrogens with one attached hydrogen (secondary N) is 1. The Balaban J connectivity index is 2.61. The Morgan fingerprint density at radius 1 is 1.50 bits per heavy atom. The van der Waals surface area contributed by atoms with Gasteiger partial charge >= 0.3 is 87.8 Å². The number of fused-ring (bicyclic) bond motifs is 1. The number of hydrogen-bond acceptors (Lipinski definition) is 3. The van der Waals surface area contributed by atoms with E-state index in [2.05, 4.69) is 4.33 Å². The Morgan fingerprint density at radius 2 is 2.21 bits per heavy atom. The van der Waals surface area contributed by atoms with Crippen LogP contribution in [0.2, 0.25) is 0 Å². The molecule has 0 aliphatic carbocycles. The standard InChI is InChI=1S/C9H10N2O2Se/c1-9(2)6-4-3-5-7(11(12)13)8(6)14-10-9/h3-5,10H,1-2H3. The second kappa shape index (κ2) is 3.05. The van der Waals surface area contributed by atoms with E-state index >= 15 is 0 Å². The molecule has 0 spiro atoms. The molecule has 1 aliphatic rings. The van der Waals surface area contributed by atoms with Crippen LogP contribution in [-0.2, 0) is 5.54 Å². The molecular formula is C9H10N2O2Se. The quantitative estimate of drug-likeness (QED) is 0.457. The van der Waals surface area contributed by atoms with Gasteiger partial charge in [0.05, 0.1) is 0 Å². The normalized spacial score (nSPS) is 17.9. The number of nitro benzene ring substituents is 1. The van der Waals surface area contributed by atoms with Crippen molar-refractivity contribution in [3.05, 3.63) is 33.9 Å². The Labute approximate surface area is 88.2 Å². The zero-order valence-corrected chi connectivity index (χ0v) is 9.62. The van der Waals surface area contributed by atoms with Gasteiger partial charge in [-0.15, -0.1) is 0 Å². The molecule has 0 amide bonds. The van der Waals surface area contributed by atoms with E-state index in [4.69, 9.17) is 0 Å². The molecule has 0 saturated heterocycles. The van der Waals surface area contributed by atoms with Crippen LogP contribution in [0.3, 0.4) is 0 Å². The molecular weight excluding hydrogens is 247 g/mol. The molecule has 1 aromatic rings. The summed E-state index contributed by atoms with van der Waals surface area (Å²) in [5.74, 6) is 0. The van der Waals surface area contributed by atoms with Crippen molar-refractivity contribution in [2.24, 2.45) is 0 Å². The van der Waals surface area contributed by atoms with E-state index < -0.39 is 0 Å². The second-order valence-electron chi connectivity index (χ2n) is 3.74. The molecule has 14 heavy (non-hydrogen) atoms. The second-order valence-corrected chi connectivity index (χ2v) is 5.45. The summed E-state index contributed by atoms with van der Waals surface area (Å²) in [4.78, 5) is 10.5. The van der Waals surface area contributed by atoms with Crippen molar-refractivity contribution in [3.8, 4) is 0 Å². The number of hydrogen-bond donors (Lipinski definition) is 1. The van der Waals surface area contributed by atoms with E-state index in [-0.39, 0.29) is 31.3 Å². The van der Waals surface area contributed by atoms with E-state index in [1.807, 2.05) is 19.9 Å². The maximum atomic E-state index is 10.8. The first-order valence-electron chi connectivity index (χ1n) is 4.24. The fraction of sp³-hybridized carbons (Fsp3) is 0.333. The fourth-order valence-electron chi connectivity index (χ4n) is 1.50. The third-order valence-corrected chi connectivity index (χ3v) is 4.89.